The van der Waals surface area contributed by atoms with E-state index in [1.54, 1.807) is 12.1 Å². The van der Waals surface area contributed by atoms with Gasteiger partial charge in [-0.3, -0.25) is 4.31 Å². The van der Waals surface area contributed by atoms with Gasteiger partial charge in [0.25, 0.3) is 10.0 Å². The van der Waals surface area contributed by atoms with E-state index in [0.717, 1.165) is 46.8 Å². The third-order valence-electron chi connectivity index (χ3n) is 7.47. The zero-order valence-electron chi connectivity index (χ0n) is 23.2. The molecule has 0 saturated heterocycles. The summed E-state index contributed by atoms with van der Waals surface area (Å²) in [6.07, 6.45) is 1.46. The summed E-state index contributed by atoms with van der Waals surface area (Å²) in [5.74, 6) is -0.581. The van der Waals surface area contributed by atoms with Crippen LogP contribution in [0.25, 0.3) is 10.8 Å². The smallest absolute Gasteiger partial charge is 0.264 e. The molecule has 4 rings (SSSR count). The van der Waals surface area contributed by atoms with Gasteiger partial charge in [-0.25, -0.2) is 12.8 Å². The average molecular weight is 647 g/mol. The first-order valence-electron chi connectivity index (χ1n) is 13.5. The van der Waals surface area contributed by atoms with Gasteiger partial charge >= 0.3 is 0 Å². The maximum absolute atomic E-state index is 14.0. The van der Waals surface area contributed by atoms with Crippen molar-refractivity contribution in [1.29, 1.82) is 0 Å². The first kappa shape index (κ1) is 30.5. The van der Waals surface area contributed by atoms with Gasteiger partial charge in [0.15, 0.2) is 0 Å². The number of unbranched alkanes of at least 4 members (excludes halogenated alkanes) is 1. The Hall–Kier alpha value is -2.45. The van der Waals surface area contributed by atoms with Crippen LogP contribution in [0.5, 0.6) is 0 Å². The van der Waals surface area contributed by atoms with Crippen LogP contribution in [0.3, 0.4) is 0 Å². The number of alkyl halides is 1. The Labute approximate surface area is 251 Å². The molecular formula is C32H36BrClFN2O2S+. The Morgan fingerprint density at radius 3 is 2.25 bits per heavy atom. The van der Waals surface area contributed by atoms with E-state index < -0.39 is 15.8 Å². The molecule has 0 N–H and O–H groups in total. The molecule has 40 heavy (non-hydrogen) atoms. The molecule has 0 bridgehead atoms. The Morgan fingerprint density at radius 2 is 1.60 bits per heavy atom. The van der Waals surface area contributed by atoms with E-state index in [0.29, 0.717) is 12.1 Å². The minimum atomic E-state index is -3.92. The highest BCUT2D eigenvalue weighted by atomic mass is 79.9. The molecule has 4 nitrogen and oxygen atoms in total. The van der Waals surface area contributed by atoms with Crippen LogP contribution in [0.1, 0.15) is 36.5 Å². The number of hydrogen-bond acceptors (Lipinski definition) is 2. The number of benzene rings is 4. The van der Waals surface area contributed by atoms with E-state index in [1.807, 2.05) is 30.3 Å². The van der Waals surface area contributed by atoms with Crippen LogP contribution in [0.4, 0.5) is 10.1 Å². The monoisotopic (exact) mass is 645 g/mol. The number of nitrogens with zero attached hydrogens (tertiary/aromatic N) is 2. The van der Waals surface area contributed by atoms with Crippen molar-refractivity contribution < 1.29 is 17.3 Å². The molecule has 0 radical (unpaired) electrons. The van der Waals surface area contributed by atoms with Gasteiger partial charge in [0.1, 0.15) is 17.8 Å². The summed E-state index contributed by atoms with van der Waals surface area (Å²) in [4.78, 5) is 0.195. The third kappa shape index (κ3) is 7.06. The Kier molecular flexibility index (Phi) is 9.93. The van der Waals surface area contributed by atoms with Gasteiger partial charge in [-0.15, -0.1) is 0 Å². The predicted octanol–water partition coefficient (Wildman–Crippen LogP) is 8.61. The number of anilines is 1. The SMILES string of the molecule is CC[N+](CBr)(CCCCN(c1ccc(F)c(Cl)c1)S(=O)(=O)c1ccc2ccccc2c1)Cc1cc(C)cc(C)c1. The van der Waals surface area contributed by atoms with E-state index in [-0.39, 0.29) is 16.5 Å². The van der Waals surface area contributed by atoms with Crippen LogP contribution in [0.15, 0.2) is 83.8 Å². The van der Waals surface area contributed by atoms with Crippen molar-refractivity contribution >= 4 is 54.0 Å². The summed E-state index contributed by atoms with van der Waals surface area (Å²) in [6, 6.07) is 23.5. The molecule has 4 aromatic rings. The minimum Gasteiger partial charge on any atom is -0.311 e. The summed E-state index contributed by atoms with van der Waals surface area (Å²) in [6.45, 7) is 9.44. The molecule has 0 aliphatic rings. The first-order chi connectivity index (χ1) is 19.1. The molecule has 0 saturated carbocycles. The topological polar surface area (TPSA) is 37.4 Å². The normalized spacial score (nSPS) is 13.3. The van der Waals surface area contributed by atoms with Crippen molar-refractivity contribution in [2.45, 2.75) is 45.1 Å². The van der Waals surface area contributed by atoms with Crippen molar-refractivity contribution in [3.05, 3.63) is 106 Å². The lowest BCUT2D eigenvalue weighted by Gasteiger charge is -2.36. The fraction of sp³-hybridized carbons (Fsp3) is 0.312. The number of rotatable bonds is 12. The highest BCUT2D eigenvalue weighted by Crippen LogP contribution is 2.30. The van der Waals surface area contributed by atoms with Gasteiger partial charge in [0, 0.05) is 12.1 Å². The van der Waals surface area contributed by atoms with E-state index in [2.05, 4.69) is 54.9 Å². The van der Waals surface area contributed by atoms with E-state index >= 15 is 0 Å². The fourth-order valence-corrected chi connectivity index (χ4v) is 7.76. The summed E-state index contributed by atoms with van der Waals surface area (Å²) in [5.41, 5.74) is 4.98. The van der Waals surface area contributed by atoms with Gasteiger partial charge in [0.2, 0.25) is 0 Å². The molecule has 0 aliphatic heterocycles. The first-order valence-corrected chi connectivity index (χ1v) is 16.5. The molecular weight excluding hydrogens is 611 g/mol. The molecule has 0 aromatic heterocycles. The summed E-state index contributed by atoms with van der Waals surface area (Å²) in [5, 5.41) is 1.70. The van der Waals surface area contributed by atoms with Gasteiger partial charge in [0.05, 0.1) is 28.7 Å². The lowest BCUT2D eigenvalue weighted by Crippen LogP contribution is -2.47. The van der Waals surface area contributed by atoms with Crippen LogP contribution >= 0.6 is 27.5 Å². The van der Waals surface area contributed by atoms with Crippen LogP contribution in [-0.2, 0) is 16.6 Å². The molecule has 0 amide bonds. The second kappa shape index (κ2) is 13.0. The van der Waals surface area contributed by atoms with E-state index in [9.17, 15) is 12.8 Å². The quantitative estimate of drug-likeness (QED) is 0.0669. The maximum atomic E-state index is 14.0. The van der Waals surface area contributed by atoms with E-state index in [1.165, 1.54) is 39.2 Å². The van der Waals surface area contributed by atoms with Crippen LogP contribution < -0.4 is 4.31 Å². The van der Waals surface area contributed by atoms with Gasteiger partial charge in [-0.05, 0) is 90.6 Å². The standard InChI is InChI=1S/C32H36BrClFN2O2S/c1-4-37(23-33,22-26-18-24(2)17-25(3)19-26)16-8-7-15-36(29-12-14-32(35)31(34)21-29)40(38,39)30-13-11-27-9-5-6-10-28(27)20-30/h5-6,9-14,17-21H,4,7-8,15-16,22-23H2,1-3H3/q+1. The van der Waals surface area contributed by atoms with Crippen LogP contribution in [0, 0.1) is 19.7 Å². The third-order valence-corrected chi connectivity index (χ3v) is 10.6. The molecule has 0 spiro atoms. The molecule has 8 heteroatoms. The largest absolute Gasteiger partial charge is 0.311 e. The lowest BCUT2D eigenvalue weighted by molar-refractivity contribution is -0.926. The molecule has 1 atom stereocenters. The van der Waals surface area contributed by atoms with Gasteiger partial charge < -0.3 is 4.48 Å². The molecule has 0 fully saturated rings. The van der Waals surface area contributed by atoms with Crippen molar-refractivity contribution in [1.82, 2.24) is 0 Å². The highest BCUT2D eigenvalue weighted by Gasteiger charge is 2.28. The Bertz CT molecular complexity index is 1570. The summed E-state index contributed by atoms with van der Waals surface area (Å²) < 4.78 is 44.1. The van der Waals surface area contributed by atoms with Crippen molar-refractivity contribution in [2.75, 3.05) is 29.4 Å². The number of halogens is 3. The molecule has 1 unspecified atom stereocenters. The number of hydrogen-bond donors (Lipinski definition) is 0. The number of sulfonamides is 1. The average Bonchev–Trinajstić information content (AvgIpc) is 2.93. The van der Waals surface area contributed by atoms with Gasteiger partial charge in [-0.1, -0.05) is 71.3 Å². The highest BCUT2D eigenvalue weighted by molar-refractivity contribution is 9.09. The predicted molar refractivity (Wildman–Crippen MR) is 168 cm³/mol. The fourth-order valence-electron chi connectivity index (χ4n) is 5.27. The zero-order valence-corrected chi connectivity index (χ0v) is 26.4. The summed E-state index contributed by atoms with van der Waals surface area (Å²) >= 11 is 9.84. The Morgan fingerprint density at radius 1 is 0.900 bits per heavy atom. The molecule has 0 heterocycles. The second-order valence-electron chi connectivity index (χ2n) is 10.5. The van der Waals surface area contributed by atoms with Crippen molar-refractivity contribution in [3.8, 4) is 0 Å². The summed E-state index contributed by atoms with van der Waals surface area (Å²) in [7, 11) is -3.92. The number of aryl methyl sites for hydroxylation is 2. The molecule has 0 aliphatic carbocycles. The van der Waals surface area contributed by atoms with E-state index in [4.69, 9.17) is 11.6 Å². The van der Waals surface area contributed by atoms with Crippen LogP contribution in [0.2, 0.25) is 5.02 Å². The molecule has 212 valence electrons. The van der Waals surface area contributed by atoms with Crippen molar-refractivity contribution in [3.63, 3.8) is 0 Å². The maximum Gasteiger partial charge on any atom is 0.264 e. The lowest BCUT2D eigenvalue weighted by atomic mass is 10.1. The number of quaternary nitrogens is 1. The van der Waals surface area contributed by atoms with Crippen LogP contribution in [-0.4, -0.2) is 38.0 Å². The second-order valence-corrected chi connectivity index (χ2v) is 13.3. The minimum absolute atomic E-state index is 0.106. The Balaban J connectivity index is 1.56. The van der Waals surface area contributed by atoms with Gasteiger partial charge in [-0.2, -0.15) is 0 Å². The number of fused-ring (bicyclic) bond motifs is 1. The van der Waals surface area contributed by atoms with Crippen molar-refractivity contribution in [2.24, 2.45) is 0 Å². The molecule has 4 aromatic carbocycles. The zero-order chi connectivity index (χ0) is 28.9.